The lowest BCUT2D eigenvalue weighted by atomic mass is 10.0. The van der Waals surface area contributed by atoms with Crippen molar-refractivity contribution in [2.45, 2.75) is 77.5 Å². The average molecular weight is 736 g/mol. The molecular formula is C39H45N9O6. The lowest BCUT2D eigenvalue weighted by Gasteiger charge is -2.36. The molecule has 54 heavy (non-hydrogen) atoms. The molecule has 7 rings (SSSR count). The van der Waals surface area contributed by atoms with Crippen molar-refractivity contribution in [3.63, 3.8) is 0 Å². The van der Waals surface area contributed by atoms with Crippen molar-refractivity contribution in [3.05, 3.63) is 66.1 Å². The summed E-state index contributed by atoms with van der Waals surface area (Å²) in [4.78, 5) is 77.2. The maximum Gasteiger partial charge on any atom is 0.410 e. The SMILES string of the molecule is CC(C)(C)OC(=O)N1CCN(c2cccc3ncc(-c4cnn(CCCCCCNc5ccc6c(c5)C(=O)N(C5CCC(=O)NC5=O)C6=O)c4)nc23)CC1. The molecule has 1 unspecified atom stereocenters. The van der Waals surface area contributed by atoms with Crippen LogP contribution in [-0.4, -0.2) is 104 Å². The molecule has 0 bridgehead atoms. The molecule has 0 saturated carbocycles. The van der Waals surface area contributed by atoms with Gasteiger partial charge in [0.05, 0.1) is 40.4 Å². The van der Waals surface area contributed by atoms with Crippen molar-refractivity contribution in [1.82, 2.24) is 34.9 Å². The van der Waals surface area contributed by atoms with Crippen LogP contribution < -0.4 is 15.5 Å². The fraction of sp³-hybridized carbons (Fsp3) is 0.436. The highest BCUT2D eigenvalue weighted by Crippen LogP contribution is 2.30. The lowest BCUT2D eigenvalue weighted by Crippen LogP contribution is -2.54. The highest BCUT2D eigenvalue weighted by atomic mass is 16.6. The molecule has 1 atom stereocenters. The monoisotopic (exact) mass is 735 g/mol. The van der Waals surface area contributed by atoms with Crippen LogP contribution in [0.3, 0.4) is 0 Å². The van der Waals surface area contributed by atoms with Gasteiger partial charge in [0.1, 0.15) is 17.2 Å². The summed E-state index contributed by atoms with van der Waals surface area (Å²) < 4.78 is 7.49. The number of piperidine rings is 1. The number of fused-ring (bicyclic) bond motifs is 2. The minimum absolute atomic E-state index is 0.0852. The Morgan fingerprint density at radius 3 is 2.50 bits per heavy atom. The Hall–Kier alpha value is -5.86. The summed E-state index contributed by atoms with van der Waals surface area (Å²) in [6.45, 7) is 9.56. The van der Waals surface area contributed by atoms with E-state index in [0.29, 0.717) is 32.7 Å². The molecular weight excluding hydrogens is 690 g/mol. The smallest absolute Gasteiger partial charge is 0.410 e. The molecule has 2 aromatic heterocycles. The first kappa shape index (κ1) is 36.5. The first-order chi connectivity index (χ1) is 25.9. The number of amides is 5. The van der Waals surface area contributed by atoms with Crippen molar-refractivity contribution >= 4 is 52.1 Å². The van der Waals surface area contributed by atoms with E-state index in [-0.39, 0.29) is 30.1 Å². The van der Waals surface area contributed by atoms with Gasteiger partial charge in [-0.1, -0.05) is 18.9 Å². The molecule has 2 aromatic carbocycles. The fourth-order valence-electron chi connectivity index (χ4n) is 7.05. The molecule has 0 spiro atoms. The van der Waals surface area contributed by atoms with Gasteiger partial charge in [0.25, 0.3) is 11.8 Å². The number of imide groups is 2. The van der Waals surface area contributed by atoms with E-state index in [1.165, 1.54) is 0 Å². The van der Waals surface area contributed by atoms with Crippen LogP contribution in [0.1, 0.15) is 80.0 Å². The van der Waals surface area contributed by atoms with Gasteiger partial charge in [-0.3, -0.25) is 39.1 Å². The number of rotatable bonds is 11. The Labute approximate surface area is 313 Å². The molecule has 0 aliphatic carbocycles. The Balaban J connectivity index is 0.868. The third-order valence-corrected chi connectivity index (χ3v) is 9.84. The molecule has 5 amide bonds. The van der Waals surface area contributed by atoms with Gasteiger partial charge in [-0.2, -0.15) is 5.10 Å². The van der Waals surface area contributed by atoms with Crippen molar-refractivity contribution in [2.24, 2.45) is 0 Å². The van der Waals surface area contributed by atoms with E-state index < -0.39 is 35.3 Å². The highest BCUT2D eigenvalue weighted by molar-refractivity contribution is 6.23. The van der Waals surface area contributed by atoms with Crippen molar-refractivity contribution in [1.29, 1.82) is 0 Å². The minimum atomic E-state index is -0.979. The molecule has 0 radical (unpaired) electrons. The van der Waals surface area contributed by atoms with Crippen LogP contribution in [0.2, 0.25) is 0 Å². The summed E-state index contributed by atoms with van der Waals surface area (Å²) in [6, 6.07) is 10.1. The van der Waals surface area contributed by atoms with Crippen molar-refractivity contribution < 1.29 is 28.7 Å². The number of unbranched alkanes of at least 4 members (excludes halogenated alkanes) is 3. The van der Waals surface area contributed by atoms with E-state index in [1.54, 1.807) is 29.3 Å². The van der Waals surface area contributed by atoms with Crippen molar-refractivity contribution in [2.75, 3.05) is 42.9 Å². The normalized spacial score (nSPS) is 17.6. The summed E-state index contributed by atoms with van der Waals surface area (Å²) in [7, 11) is 0. The van der Waals surface area contributed by atoms with E-state index in [4.69, 9.17) is 14.7 Å². The first-order valence-corrected chi connectivity index (χ1v) is 18.6. The van der Waals surface area contributed by atoms with Gasteiger partial charge in [0, 0.05) is 63.1 Å². The van der Waals surface area contributed by atoms with Crippen LogP contribution >= 0.6 is 0 Å². The number of benzene rings is 2. The van der Waals surface area contributed by atoms with E-state index in [1.807, 2.05) is 50.0 Å². The number of para-hydroxylation sites is 1. The topological polar surface area (TPSA) is 172 Å². The number of anilines is 2. The Morgan fingerprint density at radius 1 is 0.944 bits per heavy atom. The van der Waals surface area contributed by atoms with Crippen LogP contribution in [0, 0.1) is 0 Å². The first-order valence-electron chi connectivity index (χ1n) is 18.6. The quantitative estimate of drug-likeness (QED) is 0.163. The third-order valence-electron chi connectivity index (χ3n) is 9.84. The number of aromatic nitrogens is 4. The molecule has 15 heteroatoms. The van der Waals surface area contributed by atoms with Crippen LogP contribution in [0.15, 0.2) is 55.0 Å². The summed E-state index contributed by atoms with van der Waals surface area (Å²) >= 11 is 0. The number of carbonyl (C=O) groups is 5. The second kappa shape index (κ2) is 15.2. The molecule has 5 heterocycles. The van der Waals surface area contributed by atoms with Gasteiger partial charge < -0.3 is 19.9 Å². The number of carbonyl (C=O) groups excluding carboxylic acids is 5. The zero-order valence-corrected chi connectivity index (χ0v) is 30.8. The Kier molecular flexibility index (Phi) is 10.3. The number of nitrogens with one attached hydrogen (secondary N) is 2. The van der Waals surface area contributed by atoms with Crippen LogP contribution in [0.4, 0.5) is 16.2 Å². The molecule has 3 aliphatic rings. The predicted molar refractivity (Wildman–Crippen MR) is 201 cm³/mol. The van der Waals surface area contributed by atoms with E-state index in [0.717, 1.165) is 70.8 Å². The number of aryl methyl sites for hydroxylation is 1. The van der Waals surface area contributed by atoms with Crippen LogP contribution in [0.5, 0.6) is 0 Å². The average Bonchev–Trinajstić information content (AvgIpc) is 3.72. The lowest BCUT2D eigenvalue weighted by molar-refractivity contribution is -0.136. The zero-order chi connectivity index (χ0) is 38.0. The molecule has 2 fully saturated rings. The van der Waals surface area contributed by atoms with Crippen LogP contribution in [0.25, 0.3) is 22.3 Å². The van der Waals surface area contributed by atoms with Gasteiger partial charge >= 0.3 is 6.09 Å². The minimum Gasteiger partial charge on any atom is -0.444 e. The maximum absolute atomic E-state index is 13.1. The maximum atomic E-state index is 13.1. The number of ether oxygens (including phenoxy) is 1. The zero-order valence-electron chi connectivity index (χ0n) is 30.8. The molecule has 15 nitrogen and oxygen atoms in total. The number of hydrogen-bond acceptors (Lipinski definition) is 11. The second-order valence-electron chi connectivity index (χ2n) is 14.9. The molecule has 282 valence electrons. The summed E-state index contributed by atoms with van der Waals surface area (Å²) in [5.74, 6) is -2.04. The van der Waals surface area contributed by atoms with E-state index in [2.05, 4.69) is 26.7 Å². The van der Waals surface area contributed by atoms with Gasteiger partial charge in [-0.15, -0.1) is 0 Å². The summed E-state index contributed by atoms with van der Waals surface area (Å²) in [5, 5.41) is 10.1. The molecule has 2 N–H and O–H groups in total. The predicted octanol–water partition coefficient (Wildman–Crippen LogP) is 4.62. The van der Waals surface area contributed by atoms with Crippen molar-refractivity contribution in [3.8, 4) is 11.3 Å². The van der Waals surface area contributed by atoms with Gasteiger partial charge in [0.2, 0.25) is 11.8 Å². The Bertz CT molecular complexity index is 2100. The molecule has 3 aliphatic heterocycles. The second-order valence-corrected chi connectivity index (χ2v) is 14.9. The largest absolute Gasteiger partial charge is 0.444 e. The van der Waals surface area contributed by atoms with Gasteiger partial charge in [-0.25, -0.2) is 9.78 Å². The third kappa shape index (κ3) is 7.89. The van der Waals surface area contributed by atoms with Crippen LogP contribution in [-0.2, 0) is 20.9 Å². The summed E-state index contributed by atoms with van der Waals surface area (Å²) in [6.07, 6.45) is 9.41. The number of nitrogens with zero attached hydrogens (tertiary/aromatic N) is 7. The summed E-state index contributed by atoms with van der Waals surface area (Å²) in [5.41, 5.74) is 4.99. The highest BCUT2D eigenvalue weighted by Gasteiger charge is 2.44. The van der Waals surface area contributed by atoms with Gasteiger partial charge in [0.15, 0.2) is 0 Å². The van der Waals surface area contributed by atoms with Gasteiger partial charge in [-0.05, 0) is 70.4 Å². The fourth-order valence-corrected chi connectivity index (χ4v) is 7.05. The van der Waals surface area contributed by atoms with E-state index >= 15 is 0 Å². The molecule has 2 saturated heterocycles. The van der Waals surface area contributed by atoms with E-state index in [9.17, 15) is 24.0 Å². The molecule has 4 aromatic rings. The standard InChI is InChI=1S/C39H45N9O6/c1-39(2,3)54-38(53)46-19-17-45(18-20-46)31-10-8-9-29-34(31)43-30(23-41-29)25-22-42-47(24-25)16-7-5-4-6-15-40-26-11-12-27-28(21-26)37(52)48(36(27)51)32-13-14-33(49)44-35(32)50/h8-12,21-24,32,40H,4-7,13-20H2,1-3H3,(H,44,49,50). The number of piperazine rings is 1. The Morgan fingerprint density at radius 2 is 1.72 bits per heavy atom. The number of hydrogen-bond donors (Lipinski definition) is 2.